The molecule has 1 unspecified atom stereocenters. The zero-order valence-electron chi connectivity index (χ0n) is 19.7. The number of carbonyl (C=O) groups is 3. The van der Waals surface area contributed by atoms with Crippen molar-refractivity contribution in [3.63, 3.8) is 0 Å². The number of piperidine rings is 1. The largest absolute Gasteiger partial charge is 0.465 e. The molecule has 1 aliphatic carbocycles. The number of methoxy groups -OCH3 is 1. The second kappa shape index (κ2) is 8.80. The van der Waals surface area contributed by atoms with Crippen LogP contribution >= 0.6 is 15.9 Å². The van der Waals surface area contributed by atoms with E-state index in [-0.39, 0.29) is 30.2 Å². The summed E-state index contributed by atoms with van der Waals surface area (Å²) in [7, 11) is 1.31. The van der Waals surface area contributed by atoms with Crippen LogP contribution in [-0.2, 0) is 20.9 Å². The number of ether oxygens (including phenoxy) is 1. The Kier molecular flexibility index (Phi) is 5.55. The van der Waals surface area contributed by atoms with E-state index in [4.69, 9.17) is 10.5 Å². The summed E-state index contributed by atoms with van der Waals surface area (Å²) in [5.41, 5.74) is 7.58. The second-order valence-corrected chi connectivity index (χ2v) is 10.0. The van der Waals surface area contributed by atoms with Crippen LogP contribution in [0.5, 0.6) is 0 Å². The summed E-state index contributed by atoms with van der Waals surface area (Å²) in [6.45, 7) is -0.0801. The van der Waals surface area contributed by atoms with Crippen molar-refractivity contribution in [2.24, 2.45) is 5.92 Å². The molecule has 0 radical (unpaired) electrons. The molecule has 11 nitrogen and oxygen atoms in total. The van der Waals surface area contributed by atoms with Crippen molar-refractivity contribution in [3.8, 4) is 0 Å². The average Bonchev–Trinajstić information content (AvgIpc) is 3.43. The monoisotopic (exact) mass is 563 g/mol. The SMILES string of the molecule is COC(=O)c1ccc2c3c(N)ncnc3n(CC(=O)N3[C@@H]4CC4C[C@H]3C(=O)Nc3cccc(Br)n3)c2c1. The first-order chi connectivity index (χ1) is 17.9. The Bertz CT molecular complexity index is 1600. The van der Waals surface area contributed by atoms with E-state index in [1.807, 2.05) is 0 Å². The fraction of sp³-hybridized carbons (Fsp3) is 0.280. The van der Waals surface area contributed by atoms with E-state index < -0.39 is 12.0 Å². The van der Waals surface area contributed by atoms with Gasteiger partial charge < -0.3 is 25.3 Å². The number of benzene rings is 1. The molecule has 3 atom stereocenters. The molecule has 1 aliphatic heterocycles. The van der Waals surface area contributed by atoms with Gasteiger partial charge in [0.1, 0.15) is 40.8 Å². The van der Waals surface area contributed by atoms with Crippen LogP contribution in [-0.4, -0.2) is 61.4 Å². The van der Waals surface area contributed by atoms with Gasteiger partial charge in [0.25, 0.3) is 0 Å². The quantitative estimate of drug-likeness (QED) is 0.278. The summed E-state index contributed by atoms with van der Waals surface area (Å²) in [6, 6.07) is 9.71. The fourth-order valence-electron chi connectivity index (χ4n) is 5.29. The highest BCUT2D eigenvalue weighted by atomic mass is 79.9. The van der Waals surface area contributed by atoms with E-state index in [1.54, 1.807) is 45.9 Å². The number of amides is 2. The van der Waals surface area contributed by atoms with Gasteiger partial charge in [-0.05, 0) is 59.0 Å². The van der Waals surface area contributed by atoms with Gasteiger partial charge in [0, 0.05) is 11.4 Å². The molecule has 2 fully saturated rings. The van der Waals surface area contributed by atoms with Crippen LogP contribution in [0.15, 0.2) is 47.3 Å². The Morgan fingerprint density at radius 3 is 2.81 bits per heavy atom. The molecule has 37 heavy (non-hydrogen) atoms. The number of fused-ring (bicyclic) bond motifs is 4. The third-order valence-electron chi connectivity index (χ3n) is 7.05. The lowest BCUT2D eigenvalue weighted by Gasteiger charge is -2.27. The lowest BCUT2D eigenvalue weighted by Crippen LogP contribution is -2.46. The number of likely N-dealkylation sites (tertiary alicyclic amines) is 1. The standard InChI is InChI=1S/C25H22BrN7O4/c1-37-25(36)12-5-6-14-16(7-12)32(23-21(14)22(27)28-11-29-23)10-20(34)33-15-8-13(15)9-17(33)24(35)31-19-4-2-3-18(26)30-19/h2-7,11,13,15,17H,8-10H2,1H3,(H2,27,28,29)(H,30,31,35)/t13?,15-,17+/m1/s1. The van der Waals surface area contributed by atoms with E-state index >= 15 is 0 Å². The number of nitrogens with one attached hydrogen (secondary N) is 1. The maximum absolute atomic E-state index is 13.8. The molecule has 4 aromatic rings. The van der Waals surface area contributed by atoms with Gasteiger partial charge in [0.2, 0.25) is 11.8 Å². The Balaban J connectivity index is 1.35. The van der Waals surface area contributed by atoms with Crippen LogP contribution in [0.1, 0.15) is 23.2 Å². The molecule has 3 N–H and O–H groups in total. The number of pyridine rings is 1. The summed E-state index contributed by atoms with van der Waals surface area (Å²) in [5, 5.41) is 4.15. The summed E-state index contributed by atoms with van der Waals surface area (Å²) in [5.74, 6) is 0.00534. The van der Waals surface area contributed by atoms with Gasteiger partial charge in [-0.2, -0.15) is 0 Å². The van der Waals surface area contributed by atoms with Crippen LogP contribution in [0.3, 0.4) is 0 Å². The number of hydrogen-bond donors (Lipinski definition) is 2. The smallest absolute Gasteiger partial charge is 0.337 e. The number of anilines is 2. The second-order valence-electron chi connectivity index (χ2n) is 9.22. The van der Waals surface area contributed by atoms with Crippen LogP contribution in [0.25, 0.3) is 21.9 Å². The summed E-state index contributed by atoms with van der Waals surface area (Å²) < 4.78 is 7.20. The van der Waals surface area contributed by atoms with Crippen molar-refractivity contribution in [2.45, 2.75) is 31.5 Å². The number of nitrogens with two attached hydrogens (primary N) is 1. The molecule has 4 heterocycles. The maximum Gasteiger partial charge on any atom is 0.337 e. The predicted octanol–water partition coefficient (Wildman–Crippen LogP) is 2.74. The van der Waals surface area contributed by atoms with Gasteiger partial charge in [-0.15, -0.1) is 0 Å². The number of carbonyl (C=O) groups excluding carboxylic acids is 3. The van der Waals surface area contributed by atoms with E-state index in [9.17, 15) is 14.4 Å². The molecule has 1 aromatic carbocycles. The Morgan fingerprint density at radius 1 is 1.19 bits per heavy atom. The first-order valence-electron chi connectivity index (χ1n) is 11.7. The van der Waals surface area contributed by atoms with Gasteiger partial charge in [-0.3, -0.25) is 9.59 Å². The number of esters is 1. The lowest BCUT2D eigenvalue weighted by molar-refractivity contribution is -0.138. The molecule has 0 bridgehead atoms. The molecular weight excluding hydrogens is 542 g/mol. The summed E-state index contributed by atoms with van der Waals surface area (Å²) in [4.78, 5) is 53.6. The van der Waals surface area contributed by atoms with Gasteiger partial charge in [-0.25, -0.2) is 19.7 Å². The average molecular weight is 564 g/mol. The summed E-state index contributed by atoms with van der Waals surface area (Å²) in [6.07, 6.45) is 2.82. The van der Waals surface area contributed by atoms with Crippen molar-refractivity contribution in [2.75, 3.05) is 18.2 Å². The van der Waals surface area contributed by atoms with Crippen LogP contribution in [0, 0.1) is 5.92 Å². The molecule has 0 spiro atoms. The zero-order chi connectivity index (χ0) is 25.8. The maximum atomic E-state index is 13.8. The van der Waals surface area contributed by atoms with Gasteiger partial charge in [0.05, 0.1) is 23.6 Å². The minimum Gasteiger partial charge on any atom is -0.465 e. The third-order valence-corrected chi connectivity index (χ3v) is 7.49. The molecule has 1 saturated carbocycles. The molecule has 12 heteroatoms. The minimum atomic E-state index is -0.601. The van der Waals surface area contributed by atoms with Crippen molar-refractivity contribution in [3.05, 3.63) is 52.9 Å². The zero-order valence-corrected chi connectivity index (χ0v) is 21.3. The number of nitrogens with zero attached hydrogens (tertiary/aromatic N) is 5. The van der Waals surface area contributed by atoms with Crippen molar-refractivity contribution in [1.82, 2.24) is 24.4 Å². The number of aromatic nitrogens is 4. The Morgan fingerprint density at radius 2 is 2.03 bits per heavy atom. The third kappa shape index (κ3) is 3.97. The highest BCUT2D eigenvalue weighted by Crippen LogP contribution is 2.48. The molecule has 2 aliphatic rings. The van der Waals surface area contributed by atoms with Gasteiger partial charge in [0.15, 0.2) is 0 Å². The Hall–Kier alpha value is -4.06. The number of rotatable bonds is 5. The topological polar surface area (TPSA) is 145 Å². The Labute approximate surface area is 219 Å². The molecular formula is C25H22BrN7O4. The molecule has 6 rings (SSSR count). The van der Waals surface area contributed by atoms with Crippen LogP contribution in [0.2, 0.25) is 0 Å². The fourth-order valence-corrected chi connectivity index (χ4v) is 5.63. The molecule has 3 aromatic heterocycles. The number of halogens is 1. The molecule has 188 valence electrons. The predicted molar refractivity (Wildman–Crippen MR) is 138 cm³/mol. The highest BCUT2D eigenvalue weighted by molar-refractivity contribution is 9.10. The minimum absolute atomic E-state index is 0.0251. The number of nitrogen functional groups attached to an aromatic ring is 1. The van der Waals surface area contributed by atoms with Crippen molar-refractivity contribution in [1.29, 1.82) is 0 Å². The van der Waals surface area contributed by atoms with Gasteiger partial charge in [-0.1, -0.05) is 12.1 Å². The lowest BCUT2D eigenvalue weighted by atomic mass is 10.1. The normalized spacial score (nSPS) is 20.2. The molecule has 2 amide bonds. The van der Waals surface area contributed by atoms with E-state index in [0.29, 0.717) is 50.3 Å². The first-order valence-corrected chi connectivity index (χ1v) is 12.5. The van der Waals surface area contributed by atoms with Gasteiger partial charge >= 0.3 is 5.97 Å². The van der Waals surface area contributed by atoms with Crippen molar-refractivity contribution >= 4 is 67.3 Å². The van der Waals surface area contributed by atoms with Crippen molar-refractivity contribution < 1.29 is 19.1 Å². The summed E-state index contributed by atoms with van der Waals surface area (Å²) >= 11 is 3.31. The number of hydrogen-bond acceptors (Lipinski definition) is 8. The van der Waals surface area contributed by atoms with E-state index in [0.717, 1.165) is 6.42 Å². The van der Waals surface area contributed by atoms with Crippen LogP contribution < -0.4 is 11.1 Å². The van der Waals surface area contributed by atoms with E-state index in [2.05, 4.69) is 36.2 Å². The van der Waals surface area contributed by atoms with Crippen LogP contribution in [0.4, 0.5) is 11.6 Å². The first kappa shape index (κ1) is 23.3. The van der Waals surface area contributed by atoms with E-state index in [1.165, 1.54) is 13.4 Å². The highest BCUT2D eigenvalue weighted by Gasteiger charge is 2.56. The molecule has 1 saturated heterocycles.